The molecule has 2 fully saturated rings. The number of likely N-dealkylation sites (N-methyl/N-ethyl adjacent to an activating group) is 1. The van der Waals surface area contributed by atoms with Crippen molar-refractivity contribution in [3.63, 3.8) is 0 Å². The molecule has 232 valence electrons. The highest BCUT2D eigenvalue weighted by atomic mass is 35.5. The highest BCUT2D eigenvalue weighted by Gasteiger charge is 2.30. The minimum absolute atomic E-state index is 0.0643. The summed E-state index contributed by atoms with van der Waals surface area (Å²) in [6.45, 7) is 5.74. The van der Waals surface area contributed by atoms with Crippen LogP contribution in [0.3, 0.4) is 0 Å². The number of halogens is 2. The quantitative estimate of drug-likeness (QED) is 0.321. The maximum atomic E-state index is 16.9. The summed E-state index contributed by atoms with van der Waals surface area (Å²) in [6.07, 6.45) is 4.71. The number of H-pyrrole nitrogens is 1. The topological polar surface area (TPSA) is 128 Å². The zero-order valence-corrected chi connectivity index (χ0v) is 25.1. The van der Waals surface area contributed by atoms with Gasteiger partial charge in [-0.1, -0.05) is 18.5 Å². The number of carbonyl (C=O) groups is 1. The standard InChI is InChI=1S/C30H33ClFN7O5/c1-2-38-7-3-5-17(38)15-43-29-35-26-21-12-33-27(25(26)32)24-19(22(31)11-23-20(24)13-34-37-23)6-4-9-42-30(40)44-18-14-39(28(21)36-29)8-10-41-16-18/h11-13,17-18H,2-10,14-16H2,1H3,(H,34,37)/t17-,18-/m0/s1. The van der Waals surface area contributed by atoms with Crippen molar-refractivity contribution in [3.05, 3.63) is 34.9 Å². The van der Waals surface area contributed by atoms with E-state index in [9.17, 15) is 4.79 Å². The van der Waals surface area contributed by atoms with E-state index in [0.29, 0.717) is 70.9 Å². The summed E-state index contributed by atoms with van der Waals surface area (Å²) in [5.41, 5.74) is 1.97. The lowest BCUT2D eigenvalue weighted by atomic mass is 9.95. The maximum absolute atomic E-state index is 16.9. The van der Waals surface area contributed by atoms with Gasteiger partial charge < -0.3 is 23.8 Å². The second-order valence-corrected chi connectivity index (χ2v) is 11.7. The van der Waals surface area contributed by atoms with Gasteiger partial charge in [0, 0.05) is 34.8 Å². The van der Waals surface area contributed by atoms with E-state index in [0.717, 1.165) is 25.9 Å². The zero-order valence-electron chi connectivity index (χ0n) is 24.4. The molecule has 7 heterocycles. The molecule has 2 saturated heterocycles. The minimum Gasteiger partial charge on any atom is -0.462 e. The van der Waals surface area contributed by atoms with Gasteiger partial charge in [-0.3, -0.25) is 15.0 Å². The molecule has 14 heteroatoms. The summed E-state index contributed by atoms with van der Waals surface area (Å²) < 4.78 is 39.8. The Labute approximate surface area is 257 Å². The molecule has 6 bridgehead atoms. The fourth-order valence-electron chi connectivity index (χ4n) is 6.41. The molecule has 12 nitrogen and oxygen atoms in total. The molecule has 3 aromatic heterocycles. The minimum atomic E-state index is -0.783. The van der Waals surface area contributed by atoms with E-state index in [4.69, 9.17) is 35.5 Å². The summed E-state index contributed by atoms with van der Waals surface area (Å²) in [7, 11) is 0. The van der Waals surface area contributed by atoms with Crippen molar-refractivity contribution in [1.29, 1.82) is 0 Å². The number of aromatic amines is 1. The number of aromatic nitrogens is 5. The van der Waals surface area contributed by atoms with Gasteiger partial charge in [-0.2, -0.15) is 15.1 Å². The largest absolute Gasteiger partial charge is 0.508 e. The van der Waals surface area contributed by atoms with Crippen LogP contribution in [0.1, 0.15) is 31.7 Å². The molecule has 1 N–H and O–H groups in total. The number of hydrogen-bond donors (Lipinski definition) is 1. The van der Waals surface area contributed by atoms with Crippen molar-refractivity contribution in [1.82, 2.24) is 30.0 Å². The molecule has 0 spiro atoms. The lowest BCUT2D eigenvalue weighted by Gasteiger charge is -2.26. The smallest absolute Gasteiger partial charge is 0.462 e. The van der Waals surface area contributed by atoms with Crippen LogP contribution < -0.4 is 9.64 Å². The molecule has 0 unspecified atom stereocenters. The van der Waals surface area contributed by atoms with Crippen LogP contribution in [0.2, 0.25) is 5.02 Å². The normalized spacial score (nSPS) is 21.4. The molecule has 0 aliphatic carbocycles. The molecule has 4 aliphatic rings. The average Bonchev–Trinajstić information content (AvgIpc) is 3.62. The summed E-state index contributed by atoms with van der Waals surface area (Å²) in [6, 6.07) is 2.04. The zero-order chi connectivity index (χ0) is 30.2. The van der Waals surface area contributed by atoms with Crippen molar-refractivity contribution in [2.75, 3.05) is 57.5 Å². The number of rotatable bonds is 4. The Morgan fingerprint density at radius 1 is 1.18 bits per heavy atom. The van der Waals surface area contributed by atoms with Crippen molar-refractivity contribution < 1.29 is 28.1 Å². The predicted octanol–water partition coefficient (Wildman–Crippen LogP) is 4.53. The molecule has 4 aliphatic heterocycles. The predicted molar refractivity (Wildman–Crippen MR) is 161 cm³/mol. The molecule has 0 saturated carbocycles. The second-order valence-electron chi connectivity index (χ2n) is 11.3. The number of hydrogen-bond acceptors (Lipinski definition) is 11. The van der Waals surface area contributed by atoms with Gasteiger partial charge in [0.1, 0.15) is 29.7 Å². The number of carbonyl (C=O) groups excluding carboxylic acids is 1. The molecule has 2 atom stereocenters. The summed E-state index contributed by atoms with van der Waals surface area (Å²) in [5, 5.41) is 8.57. The summed E-state index contributed by atoms with van der Waals surface area (Å²) in [5.74, 6) is -0.198. The molecular weight excluding hydrogens is 593 g/mol. The number of pyridine rings is 1. The van der Waals surface area contributed by atoms with Gasteiger partial charge >= 0.3 is 12.2 Å². The van der Waals surface area contributed by atoms with Gasteiger partial charge in [-0.25, -0.2) is 9.18 Å². The van der Waals surface area contributed by atoms with Crippen LogP contribution in [0.25, 0.3) is 33.1 Å². The third kappa shape index (κ3) is 5.48. The van der Waals surface area contributed by atoms with Gasteiger partial charge in [0.2, 0.25) is 0 Å². The van der Waals surface area contributed by atoms with E-state index >= 15 is 4.39 Å². The van der Waals surface area contributed by atoms with Gasteiger partial charge in [-0.05, 0) is 50.4 Å². The van der Waals surface area contributed by atoms with Crippen LogP contribution in [-0.2, 0) is 20.6 Å². The average molecular weight is 626 g/mol. The Bertz CT molecular complexity index is 1700. The van der Waals surface area contributed by atoms with Crippen molar-refractivity contribution >= 4 is 45.4 Å². The second kappa shape index (κ2) is 12.3. The van der Waals surface area contributed by atoms with Gasteiger partial charge in [0.25, 0.3) is 0 Å². The van der Waals surface area contributed by atoms with E-state index in [1.807, 2.05) is 4.90 Å². The van der Waals surface area contributed by atoms with Crippen LogP contribution in [-0.4, -0.2) is 101 Å². The Morgan fingerprint density at radius 3 is 2.98 bits per heavy atom. The van der Waals surface area contributed by atoms with Crippen LogP contribution in [0, 0.1) is 5.82 Å². The highest BCUT2D eigenvalue weighted by Crippen LogP contribution is 2.40. The van der Waals surface area contributed by atoms with Crippen molar-refractivity contribution in [2.24, 2.45) is 0 Å². The summed E-state index contributed by atoms with van der Waals surface area (Å²) >= 11 is 6.75. The van der Waals surface area contributed by atoms with Gasteiger partial charge in [0.05, 0.1) is 43.5 Å². The van der Waals surface area contributed by atoms with Crippen molar-refractivity contribution in [2.45, 2.75) is 44.8 Å². The first-order valence-corrected chi connectivity index (χ1v) is 15.4. The van der Waals surface area contributed by atoms with Crippen molar-refractivity contribution in [3.8, 4) is 17.3 Å². The number of benzene rings is 1. The van der Waals surface area contributed by atoms with Crippen LogP contribution >= 0.6 is 11.6 Å². The molecular formula is C30H33ClFN7O5. The third-order valence-electron chi connectivity index (χ3n) is 8.58. The molecule has 4 aromatic rings. The highest BCUT2D eigenvalue weighted by molar-refractivity contribution is 6.33. The van der Waals surface area contributed by atoms with E-state index < -0.39 is 18.1 Å². The van der Waals surface area contributed by atoms with Gasteiger partial charge in [-0.15, -0.1) is 0 Å². The van der Waals surface area contributed by atoms with Crippen LogP contribution in [0.15, 0.2) is 18.5 Å². The Balaban J connectivity index is 1.40. The lowest BCUT2D eigenvalue weighted by Crippen LogP contribution is -2.37. The lowest BCUT2D eigenvalue weighted by molar-refractivity contribution is -0.00448. The fraction of sp³-hybridized carbons (Fsp3) is 0.500. The number of nitrogens with one attached hydrogen (secondary N) is 1. The van der Waals surface area contributed by atoms with E-state index in [1.54, 1.807) is 18.5 Å². The Hall–Kier alpha value is -3.81. The number of nitrogens with zero attached hydrogens (tertiary/aromatic N) is 6. The Kier molecular flexibility index (Phi) is 8.08. The number of likely N-dealkylation sites (tertiary alicyclic amines) is 1. The number of anilines is 1. The van der Waals surface area contributed by atoms with Crippen LogP contribution in [0.5, 0.6) is 6.01 Å². The first kappa shape index (κ1) is 28.9. The molecule has 1 aromatic carbocycles. The monoisotopic (exact) mass is 625 g/mol. The Morgan fingerprint density at radius 2 is 2.09 bits per heavy atom. The third-order valence-corrected chi connectivity index (χ3v) is 8.91. The SMILES string of the molecule is CCN1CCC[C@H]1COc1nc2c3cnc(c(F)c3n1)-c1c(c(Cl)cc3[nH]ncc13)CCCOC(=O)O[C@@H]1COCCN2C1. The number of ether oxygens (including phenoxy) is 4. The number of fused-ring (bicyclic) bond motifs is 7. The van der Waals surface area contributed by atoms with E-state index in [1.165, 1.54) is 0 Å². The molecule has 8 rings (SSSR count). The van der Waals surface area contributed by atoms with E-state index in [2.05, 4.69) is 32.0 Å². The molecule has 0 amide bonds. The fourth-order valence-corrected chi connectivity index (χ4v) is 6.70. The van der Waals surface area contributed by atoms with E-state index in [-0.39, 0.29) is 43.0 Å². The first-order valence-electron chi connectivity index (χ1n) is 15.0. The van der Waals surface area contributed by atoms with Crippen LogP contribution in [0.4, 0.5) is 15.0 Å². The molecule has 44 heavy (non-hydrogen) atoms. The van der Waals surface area contributed by atoms with Gasteiger partial charge in [0.15, 0.2) is 5.82 Å². The summed E-state index contributed by atoms with van der Waals surface area (Å²) in [4.78, 5) is 30.9. The maximum Gasteiger partial charge on any atom is 0.508 e. The first-order chi connectivity index (χ1) is 21.5. The molecule has 0 radical (unpaired) electrons.